The van der Waals surface area contributed by atoms with E-state index in [0.717, 1.165) is 32.8 Å². The Morgan fingerprint density at radius 3 is 2.79 bits per heavy atom. The molecule has 6 heteroatoms. The van der Waals surface area contributed by atoms with Crippen LogP contribution in [0.25, 0.3) is 27.1 Å². The molecule has 0 atom stereocenters. The summed E-state index contributed by atoms with van der Waals surface area (Å²) in [6.07, 6.45) is 4.02. The number of carbonyl (C=O) groups is 1. The maximum absolute atomic E-state index is 12.5. The number of thiazole rings is 1. The maximum atomic E-state index is 12.5. The Kier molecular flexibility index (Phi) is 3.91. The number of fused-ring (bicyclic) bond motifs is 2. The van der Waals surface area contributed by atoms with Crippen molar-refractivity contribution in [2.24, 2.45) is 0 Å². The topological polar surface area (TPSA) is 59.3 Å². The van der Waals surface area contributed by atoms with Crippen molar-refractivity contribution >= 4 is 38.8 Å². The average Bonchev–Trinajstić information content (AvgIpc) is 3.34. The van der Waals surface area contributed by atoms with Crippen LogP contribution in [0.5, 0.6) is 0 Å². The zero-order valence-electron chi connectivity index (χ0n) is 15.1. The minimum atomic E-state index is -0.133. The van der Waals surface area contributed by atoms with Gasteiger partial charge in [0.15, 0.2) is 0 Å². The van der Waals surface area contributed by atoms with Crippen LogP contribution in [0.15, 0.2) is 72.5 Å². The molecule has 5 nitrogen and oxygen atoms in total. The molecule has 0 radical (unpaired) electrons. The van der Waals surface area contributed by atoms with Crippen molar-refractivity contribution in [3.8, 4) is 11.3 Å². The lowest BCUT2D eigenvalue weighted by Crippen LogP contribution is -2.11. The standard InChI is InChI=1S/C22H16N4OS/c1-14-8-9-26-12-19(25-21(26)10-14)15-2-5-17(6-3-15)24-22(27)16-4-7-18-20(11-16)28-13-23-18/h2-13H,1H3,(H,24,27). The molecule has 0 saturated heterocycles. The first-order chi connectivity index (χ1) is 13.7. The molecule has 0 aliphatic carbocycles. The summed E-state index contributed by atoms with van der Waals surface area (Å²) >= 11 is 1.53. The van der Waals surface area contributed by atoms with Crippen molar-refractivity contribution in [1.82, 2.24) is 14.4 Å². The van der Waals surface area contributed by atoms with E-state index in [4.69, 9.17) is 0 Å². The normalized spacial score (nSPS) is 11.2. The van der Waals surface area contributed by atoms with Crippen molar-refractivity contribution in [3.05, 3.63) is 83.6 Å². The molecule has 5 aromatic rings. The Hall–Kier alpha value is -3.51. The van der Waals surface area contributed by atoms with Gasteiger partial charge in [-0.2, -0.15) is 0 Å². The van der Waals surface area contributed by atoms with Crippen LogP contribution in [0.4, 0.5) is 5.69 Å². The number of aromatic nitrogens is 3. The summed E-state index contributed by atoms with van der Waals surface area (Å²) in [5.74, 6) is -0.133. The van der Waals surface area contributed by atoms with E-state index < -0.39 is 0 Å². The number of anilines is 1. The zero-order chi connectivity index (χ0) is 19.1. The smallest absolute Gasteiger partial charge is 0.255 e. The van der Waals surface area contributed by atoms with Crippen LogP contribution in [0.1, 0.15) is 15.9 Å². The van der Waals surface area contributed by atoms with Gasteiger partial charge in [-0.25, -0.2) is 9.97 Å². The molecular formula is C22H16N4OS. The molecule has 0 saturated carbocycles. The third-order valence-electron chi connectivity index (χ3n) is 4.65. The highest BCUT2D eigenvalue weighted by atomic mass is 32.1. The molecular weight excluding hydrogens is 368 g/mol. The highest BCUT2D eigenvalue weighted by Crippen LogP contribution is 2.23. The molecule has 1 amide bonds. The Bertz CT molecular complexity index is 1320. The van der Waals surface area contributed by atoms with Crippen molar-refractivity contribution in [1.29, 1.82) is 0 Å². The van der Waals surface area contributed by atoms with Gasteiger partial charge >= 0.3 is 0 Å². The summed E-state index contributed by atoms with van der Waals surface area (Å²) < 4.78 is 3.01. The molecule has 0 spiro atoms. The summed E-state index contributed by atoms with van der Waals surface area (Å²) in [5, 5.41) is 2.95. The summed E-state index contributed by atoms with van der Waals surface area (Å²) in [6, 6.07) is 17.4. The van der Waals surface area contributed by atoms with Crippen LogP contribution in [0, 0.1) is 6.92 Å². The monoisotopic (exact) mass is 384 g/mol. The molecule has 1 N–H and O–H groups in total. The second-order valence-electron chi connectivity index (χ2n) is 6.66. The molecule has 0 aliphatic heterocycles. The molecule has 0 aliphatic rings. The molecule has 2 aromatic carbocycles. The fourth-order valence-electron chi connectivity index (χ4n) is 3.15. The minimum Gasteiger partial charge on any atom is -0.322 e. The Morgan fingerprint density at radius 1 is 1.07 bits per heavy atom. The average molecular weight is 384 g/mol. The number of benzene rings is 2. The lowest BCUT2D eigenvalue weighted by atomic mass is 10.1. The molecule has 3 heterocycles. The van der Waals surface area contributed by atoms with Crippen LogP contribution in [0.3, 0.4) is 0 Å². The number of aryl methyl sites for hydroxylation is 1. The van der Waals surface area contributed by atoms with Crippen molar-refractivity contribution in [2.75, 3.05) is 5.32 Å². The molecule has 0 bridgehead atoms. The minimum absolute atomic E-state index is 0.133. The summed E-state index contributed by atoms with van der Waals surface area (Å²) in [4.78, 5) is 21.5. The van der Waals surface area contributed by atoms with E-state index in [-0.39, 0.29) is 5.91 Å². The number of pyridine rings is 1. The van der Waals surface area contributed by atoms with E-state index in [9.17, 15) is 4.79 Å². The third kappa shape index (κ3) is 3.04. The van der Waals surface area contributed by atoms with E-state index in [1.165, 1.54) is 16.9 Å². The number of rotatable bonds is 3. The molecule has 3 aromatic heterocycles. The van der Waals surface area contributed by atoms with Gasteiger partial charge in [0.05, 0.1) is 21.4 Å². The number of imidazole rings is 1. The number of hydrogen-bond acceptors (Lipinski definition) is 4. The lowest BCUT2D eigenvalue weighted by molar-refractivity contribution is 0.102. The second kappa shape index (κ2) is 6.58. The van der Waals surface area contributed by atoms with Gasteiger partial charge < -0.3 is 9.72 Å². The SMILES string of the molecule is Cc1ccn2cc(-c3ccc(NC(=O)c4ccc5ncsc5c4)cc3)nc2c1. The van der Waals surface area contributed by atoms with Crippen molar-refractivity contribution in [3.63, 3.8) is 0 Å². The molecule has 0 unspecified atom stereocenters. The zero-order valence-corrected chi connectivity index (χ0v) is 15.9. The number of carbonyl (C=O) groups excluding carboxylic acids is 1. The predicted molar refractivity (Wildman–Crippen MR) is 113 cm³/mol. The van der Waals surface area contributed by atoms with Gasteiger partial charge in [-0.05, 0) is 55.0 Å². The molecule has 28 heavy (non-hydrogen) atoms. The summed E-state index contributed by atoms with van der Waals surface area (Å²) in [7, 11) is 0. The van der Waals surface area contributed by atoms with Crippen LogP contribution in [-0.4, -0.2) is 20.3 Å². The highest BCUT2D eigenvalue weighted by Gasteiger charge is 2.09. The van der Waals surface area contributed by atoms with Crippen molar-refractivity contribution in [2.45, 2.75) is 6.92 Å². The molecule has 136 valence electrons. The first kappa shape index (κ1) is 16.6. The Labute approximate surface area is 165 Å². The number of nitrogens with zero attached hydrogens (tertiary/aromatic N) is 3. The third-order valence-corrected chi connectivity index (χ3v) is 5.44. The van der Waals surface area contributed by atoms with E-state index in [0.29, 0.717) is 5.56 Å². The number of hydrogen-bond donors (Lipinski definition) is 1. The maximum Gasteiger partial charge on any atom is 0.255 e. The lowest BCUT2D eigenvalue weighted by Gasteiger charge is -2.06. The van der Waals surface area contributed by atoms with Crippen molar-refractivity contribution < 1.29 is 4.79 Å². The quantitative estimate of drug-likeness (QED) is 0.467. The number of amides is 1. The van der Waals surface area contributed by atoms with E-state index >= 15 is 0 Å². The van der Waals surface area contributed by atoms with E-state index in [1.54, 1.807) is 11.6 Å². The van der Waals surface area contributed by atoms with Gasteiger partial charge in [0, 0.05) is 29.2 Å². The summed E-state index contributed by atoms with van der Waals surface area (Å²) in [5.41, 5.74) is 8.07. The van der Waals surface area contributed by atoms with Gasteiger partial charge in [-0.15, -0.1) is 11.3 Å². The highest BCUT2D eigenvalue weighted by molar-refractivity contribution is 7.16. The fraction of sp³-hybridized carbons (Fsp3) is 0.0455. The van der Waals surface area contributed by atoms with E-state index in [1.807, 2.05) is 53.2 Å². The molecule has 5 rings (SSSR count). The van der Waals surface area contributed by atoms with Crippen LogP contribution in [0.2, 0.25) is 0 Å². The second-order valence-corrected chi connectivity index (χ2v) is 7.55. The van der Waals surface area contributed by atoms with Gasteiger partial charge in [0.2, 0.25) is 0 Å². The van der Waals surface area contributed by atoms with Crippen LogP contribution < -0.4 is 5.32 Å². The van der Waals surface area contributed by atoms with Gasteiger partial charge in [-0.3, -0.25) is 4.79 Å². The van der Waals surface area contributed by atoms with Gasteiger partial charge in [-0.1, -0.05) is 12.1 Å². The van der Waals surface area contributed by atoms with Crippen LogP contribution >= 0.6 is 11.3 Å². The Morgan fingerprint density at radius 2 is 1.93 bits per heavy atom. The Balaban J connectivity index is 1.37. The van der Waals surface area contributed by atoms with E-state index in [2.05, 4.69) is 34.3 Å². The predicted octanol–water partition coefficient (Wildman–Crippen LogP) is 5.17. The summed E-state index contributed by atoms with van der Waals surface area (Å²) in [6.45, 7) is 2.05. The van der Waals surface area contributed by atoms with Gasteiger partial charge in [0.25, 0.3) is 5.91 Å². The van der Waals surface area contributed by atoms with Crippen LogP contribution in [-0.2, 0) is 0 Å². The number of nitrogens with one attached hydrogen (secondary N) is 1. The van der Waals surface area contributed by atoms with Gasteiger partial charge in [0.1, 0.15) is 5.65 Å². The molecule has 0 fully saturated rings. The first-order valence-corrected chi connectivity index (χ1v) is 9.74. The first-order valence-electron chi connectivity index (χ1n) is 8.86. The fourth-order valence-corrected chi connectivity index (χ4v) is 3.86. The largest absolute Gasteiger partial charge is 0.322 e.